The Bertz CT molecular complexity index is 668. The zero-order valence-corrected chi connectivity index (χ0v) is 13.4. The molecule has 0 fully saturated rings. The van der Waals surface area contributed by atoms with Crippen LogP contribution in [-0.4, -0.2) is 17.6 Å². The number of aliphatic hydroxyl groups is 1. The summed E-state index contributed by atoms with van der Waals surface area (Å²) in [7, 11) is 0. The zero-order chi connectivity index (χ0) is 16.1. The van der Waals surface area contributed by atoms with Crippen molar-refractivity contribution in [3.05, 3.63) is 64.2 Å². The van der Waals surface area contributed by atoms with Crippen molar-refractivity contribution in [3.8, 4) is 0 Å². The van der Waals surface area contributed by atoms with Crippen LogP contribution in [0.4, 0.5) is 5.69 Å². The van der Waals surface area contributed by atoms with Gasteiger partial charge >= 0.3 is 0 Å². The van der Waals surface area contributed by atoms with Crippen LogP contribution in [-0.2, 0) is 0 Å². The molecular formula is C17H20ClN3O. The van der Waals surface area contributed by atoms with E-state index in [1.807, 2.05) is 25.1 Å². The molecular weight excluding hydrogens is 298 g/mol. The van der Waals surface area contributed by atoms with Crippen LogP contribution in [0.1, 0.15) is 22.8 Å². The molecule has 1 unspecified atom stereocenters. The highest BCUT2D eigenvalue weighted by molar-refractivity contribution is 6.30. The smallest absolute Gasteiger partial charge is 0.193 e. The van der Waals surface area contributed by atoms with Crippen molar-refractivity contribution in [2.45, 2.75) is 20.0 Å². The number of anilines is 1. The minimum absolute atomic E-state index is 0.186. The van der Waals surface area contributed by atoms with Crippen LogP contribution in [0.2, 0.25) is 5.02 Å². The van der Waals surface area contributed by atoms with Gasteiger partial charge in [0.25, 0.3) is 0 Å². The Morgan fingerprint density at radius 3 is 2.50 bits per heavy atom. The van der Waals surface area contributed by atoms with Crippen LogP contribution in [0.25, 0.3) is 0 Å². The largest absolute Gasteiger partial charge is 0.386 e. The van der Waals surface area contributed by atoms with Crippen molar-refractivity contribution in [1.29, 1.82) is 0 Å². The molecule has 0 aliphatic heterocycles. The number of halogens is 1. The van der Waals surface area contributed by atoms with Gasteiger partial charge in [-0.05, 0) is 54.8 Å². The van der Waals surface area contributed by atoms with Crippen LogP contribution in [0.3, 0.4) is 0 Å². The van der Waals surface area contributed by atoms with Crippen LogP contribution in [0.15, 0.2) is 47.5 Å². The van der Waals surface area contributed by atoms with Crippen LogP contribution >= 0.6 is 11.6 Å². The number of nitrogens with two attached hydrogens (primary N) is 1. The summed E-state index contributed by atoms with van der Waals surface area (Å²) in [4.78, 5) is 4.17. The number of aliphatic imine (C=N–C) groups is 1. The Hall–Kier alpha value is -2.04. The molecule has 5 heteroatoms. The topological polar surface area (TPSA) is 70.6 Å². The van der Waals surface area contributed by atoms with Gasteiger partial charge in [-0.2, -0.15) is 0 Å². The van der Waals surface area contributed by atoms with Gasteiger partial charge in [0.1, 0.15) is 0 Å². The molecule has 4 N–H and O–H groups in total. The lowest BCUT2D eigenvalue weighted by molar-refractivity contribution is 0.187. The summed E-state index contributed by atoms with van der Waals surface area (Å²) in [5, 5.41) is 13.7. The van der Waals surface area contributed by atoms with Gasteiger partial charge in [-0.1, -0.05) is 29.8 Å². The maximum absolute atomic E-state index is 10.1. The summed E-state index contributed by atoms with van der Waals surface area (Å²) in [5.41, 5.74) is 9.89. The van der Waals surface area contributed by atoms with Gasteiger partial charge in [0.2, 0.25) is 0 Å². The molecule has 0 saturated carbocycles. The summed E-state index contributed by atoms with van der Waals surface area (Å²) < 4.78 is 0. The molecule has 0 heterocycles. The maximum Gasteiger partial charge on any atom is 0.193 e. The van der Waals surface area contributed by atoms with Gasteiger partial charge in [-0.3, -0.25) is 4.99 Å². The van der Waals surface area contributed by atoms with Crippen molar-refractivity contribution < 1.29 is 5.11 Å². The van der Waals surface area contributed by atoms with Gasteiger partial charge in [-0.25, -0.2) is 0 Å². The minimum atomic E-state index is -0.711. The maximum atomic E-state index is 10.1. The average molecular weight is 318 g/mol. The molecule has 0 aliphatic rings. The lowest BCUT2D eigenvalue weighted by Gasteiger charge is -2.11. The fraction of sp³-hybridized carbons (Fsp3) is 0.235. The third-order valence-corrected chi connectivity index (χ3v) is 3.72. The Kier molecular flexibility index (Phi) is 5.41. The molecule has 2 aromatic rings. The van der Waals surface area contributed by atoms with E-state index in [9.17, 15) is 5.11 Å². The van der Waals surface area contributed by atoms with E-state index >= 15 is 0 Å². The number of guanidine groups is 1. The number of hydrogen-bond donors (Lipinski definition) is 3. The van der Waals surface area contributed by atoms with E-state index < -0.39 is 6.10 Å². The number of rotatable bonds is 4. The predicted molar refractivity (Wildman–Crippen MR) is 92.4 cm³/mol. The minimum Gasteiger partial charge on any atom is -0.386 e. The molecule has 0 saturated heterocycles. The summed E-state index contributed by atoms with van der Waals surface area (Å²) >= 11 is 5.82. The Morgan fingerprint density at radius 2 is 1.86 bits per heavy atom. The molecule has 0 radical (unpaired) electrons. The first-order valence-electron chi connectivity index (χ1n) is 7.03. The third-order valence-electron chi connectivity index (χ3n) is 3.47. The van der Waals surface area contributed by atoms with Crippen LogP contribution < -0.4 is 11.1 Å². The lowest BCUT2D eigenvalue weighted by Crippen LogP contribution is -2.23. The SMILES string of the molecule is Cc1ccc(NC(N)=NCC(O)c2ccc(Cl)cc2)cc1C. The van der Waals surface area contributed by atoms with Crippen LogP contribution in [0, 0.1) is 13.8 Å². The molecule has 0 amide bonds. The van der Waals surface area contributed by atoms with Gasteiger partial charge in [0, 0.05) is 10.7 Å². The van der Waals surface area contributed by atoms with Gasteiger partial charge < -0.3 is 16.2 Å². The highest BCUT2D eigenvalue weighted by Gasteiger charge is 2.07. The van der Waals surface area contributed by atoms with Crippen molar-refractivity contribution >= 4 is 23.2 Å². The number of hydrogen-bond acceptors (Lipinski definition) is 2. The molecule has 116 valence electrons. The first-order valence-corrected chi connectivity index (χ1v) is 7.41. The van der Waals surface area contributed by atoms with Gasteiger partial charge in [0.15, 0.2) is 5.96 Å². The fourth-order valence-electron chi connectivity index (χ4n) is 1.98. The Labute approximate surface area is 135 Å². The zero-order valence-electron chi connectivity index (χ0n) is 12.7. The second kappa shape index (κ2) is 7.29. The quantitative estimate of drug-likeness (QED) is 0.597. The molecule has 0 aliphatic carbocycles. The molecule has 1 atom stereocenters. The average Bonchev–Trinajstić information content (AvgIpc) is 2.49. The van der Waals surface area contributed by atoms with Crippen molar-refractivity contribution in [2.75, 3.05) is 11.9 Å². The van der Waals surface area contributed by atoms with E-state index in [4.69, 9.17) is 17.3 Å². The number of nitrogens with one attached hydrogen (secondary N) is 1. The van der Waals surface area contributed by atoms with Crippen LogP contribution in [0.5, 0.6) is 0 Å². The molecule has 2 aromatic carbocycles. The summed E-state index contributed by atoms with van der Waals surface area (Å²) in [5.74, 6) is 0.274. The van der Waals surface area contributed by atoms with E-state index in [2.05, 4.69) is 17.2 Å². The van der Waals surface area contributed by atoms with Crippen molar-refractivity contribution in [2.24, 2.45) is 10.7 Å². The second-order valence-corrected chi connectivity index (χ2v) is 5.65. The predicted octanol–water partition coefficient (Wildman–Crippen LogP) is 3.42. The lowest BCUT2D eigenvalue weighted by atomic mass is 10.1. The molecule has 0 spiro atoms. The van der Waals surface area contributed by atoms with Crippen molar-refractivity contribution in [1.82, 2.24) is 0 Å². The second-order valence-electron chi connectivity index (χ2n) is 5.22. The molecule has 22 heavy (non-hydrogen) atoms. The molecule has 0 aromatic heterocycles. The summed E-state index contributed by atoms with van der Waals surface area (Å²) in [6, 6.07) is 13.0. The normalized spacial score (nSPS) is 13.0. The van der Waals surface area contributed by atoms with E-state index in [1.54, 1.807) is 24.3 Å². The number of nitrogens with zero attached hydrogens (tertiary/aromatic N) is 1. The number of aryl methyl sites for hydroxylation is 2. The third kappa shape index (κ3) is 4.48. The number of aliphatic hydroxyl groups excluding tert-OH is 1. The fourth-order valence-corrected chi connectivity index (χ4v) is 2.11. The Balaban J connectivity index is 1.97. The van der Waals surface area contributed by atoms with Gasteiger partial charge in [-0.15, -0.1) is 0 Å². The molecule has 4 nitrogen and oxygen atoms in total. The highest BCUT2D eigenvalue weighted by atomic mass is 35.5. The first-order chi connectivity index (χ1) is 10.5. The summed E-state index contributed by atoms with van der Waals surface area (Å²) in [6.45, 7) is 4.28. The monoisotopic (exact) mass is 317 g/mol. The highest BCUT2D eigenvalue weighted by Crippen LogP contribution is 2.17. The molecule has 0 bridgehead atoms. The van der Waals surface area contributed by atoms with E-state index in [-0.39, 0.29) is 12.5 Å². The van der Waals surface area contributed by atoms with E-state index in [0.717, 1.165) is 11.3 Å². The van der Waals surface area contributed by atoms with E-state index in [0.29, 0.717) is 5.02 Å². The van der Waals surface area contributed by atoms with Crippen molar-refractivity contribution in [3.63, 3.8) is 0 Å². The Morgan fingerprint density at radius 1 is 1.18 bits per heavy atom. The summed E-state index contributed by atoms with van der Waals surface area (Å²) in [6.07, 6.45) is -0.711. The standard InChI is InChI=1S/C17H20ClN3O/c1-11-3-8-15(9-12(11)2)21-17(19)20-10-16(22)13-4-6-14(18)7-5-13/h3-9,16,22H,10H2,1-2H3,(H3,19,20,21). The number of benzene rings is 2. The van der Waals surface area contributed by atoms with Gasteiger partial charge in [0.05, 0.1) is 12.6 Å². The molecule has 2 rings (SSSR count). The van der Waals surface area contributed by atoms with E-state index in [1.165, 1.54) is 11.1 Å². The first kappa shape index (κ1) is 16.3.